The second-order valence-electron chi connectivity index (χ2n) is 6.07. The average molecular weight is 345 g/mol. The summed E-state index contributed by atoms with van der Waals surface area (Å²) in [5.41, 5.74) is -1.10. The lowest BCUT2D eigenvalue weighted by molar-refractivity contribution is 0.0184. The molecule has 25 heavy (non-hydrogen) atoms. The first-order chi connectivity index (χ1) is 12.1. The molecule has 2 rings (SSSR count). The van der Waals surface area contributed by atoms with E-state index in [2.05, 4.69) is 18.1 Å². The van der Waals surface area contributed by atoms with Crippen LogP contribution in [0.2, 0.25) is 0 Å². The predicted octanol–water partition coefficient (Wildman–Crippen LogP) is 3.86. The third-order valence-corrected chi connectivity index (χ3v) is 4.03. The van der Waals surface area contributed by atoms with Crippen LogP contribution in [0.1, 0.15) is 30.1 Å². The van der Waals surface area contributed by atoms with Gasteiger partial charge in [-0.05, 0) is 24.3 Å². The van der Waals surface area contributed by atoms with Gasteiger partial charge in [-0.25, -0.2) is 0 Å². The standard InChI is InChI=1S/C20H27NO4/c1-4-10-20(22,11-5-2)19-9-8-18(25-19)16-21(12-14-23-3)15-17-7-6-13-24-17/h4-9,13,22H,1-2,10-12,14-16H2,3H3. The van der Waals surface area contributed by atoms with E-state index in [4.69, 9.17) is 13.6 Å². The van der Waals surface area contributed by atoms with Crippen LogP contribution in [-0.4, -0.2) is 30.3 Å². The summed E-state index contributed by atoms with van der Waals surface area (Å²) >= 11 is 0. The van der Waals surface area contributed by atoms with Gasteiger partial charge in [0.1, 0.15) is 22.9 Å². The Morgan fingerprint density at radius 1 is 1.16 bits per heavy atom. The summed E-state index contributed by atoms with van der Waals surface area (Å²) in [6.45, 7) is 10.1. The Balaban J connectivity index is 2.09. The third kappa shape index (κ3) is 5.46. The lowest BCUT2D eigenvalue weighted by Crippen LogP contribution is -2.26. The summed E-state index contributed by atoms with van der Waals surface area (Å²) in [6, 6.07) is 7.54. The molecule has 0 aromatic carbocycles. The number of furan rings is 2. The van der Waals surface area contributed by atoms with Crippen LogP contribution in [-0.2, 0) is 23.4 Å². The number of methoxy groups -OCH3 is 1. The number of hydrogen-bond donors (Lipinski definition) is 1. The van der Waals surface area contributed by atoms with Gasteiger partial charge < -0.3 is 18.7 Å². The minimum absolute atomic E-state index is 0.408. The molecular weight excluding hydrogens is 318 g/mol. The maximum atomic E-state index is 10.8. The second-order valence-corrected chi connectivity index (χ2v) is 6.07. The Bertz CT molecular complexity index is 634. The highest BCUT2D eigenvalue weighted by Crippen LogP contribution is 2.31. The van der Waals surface area contributed by atoms with Gasteiger partial charge in [0, 0.05) is 26.5 Å². The van der Waals surface area contributed by atoms with Gasteiger partial charge in [-0.1, -0.05) is 12.2 Å². The van der Waals surface area contributed by atoms with Gasteiger partial charge in [0.2, 0.25) is 0 Å². The lowest BCUT2D eigenvalue weighted by Gasteiger charge is -2.23. The quantitative estimate of drug-likeness (QED) is 0.592. The summed E-state index contributed by atoms with van der Waals surface area (Å²) < 4.78 is 16.5. The van der Waals surface area contributed by atoms with E-state index in [1.54, 1.807) is 25.5 Å². The van der Waals surface area contributed by atoms with Crippen molar-refractivity contribution in [1.29, 1.82) is 0 Å². The molecule has 0 saturated carbocycles. The van der Waals surface area contributed by atoms with Crippen molar-refractivity contribution in [3.63, 3.8) is 0 Å². The van der Waals surface area contributed by atoms with Gasteiger partial charge in [-0.3, -0.25) is 4.90 Å². The van der Waals surface area contributed by atoms with Gasteiger partial charge in [0.15, 0.2) is 0 Å². The first kappa shape index (κ1) is 19.2. The van der Waals surface area contributed by atoms with Crippen LogP contribution in [0.4, 0.5) is 0 Å². The van der Waals surface area contributed by atoms with E-state index in [0.717, 1.165) is 18.1 Å². The zero-order chi connectivity index (χ0) is 18.1. The maximum Gasteiger partial charge on any atom is 0.136 e. The fraction of sp³-hybridized carbons (Fsp3) is 0.400. The molecule has 0 saturated heterocycles. The Hall–Kier alpha value is -2.08. The van der Waals surface area contributed by atoms with Crippen LogP contribution in [0.5, 0.6) is 0 Å². The molecule has 0 spiro atoms. The van der Waals surface area contributed by atoms with Crippen molar-refractivity contribution in [2.75, 3.05) is 20.3 Å². The van der Waals surface area contributed by atoms with Crippen LogP contribution >= 0.6 is 0 Å². The second kappa shape index (κ2) is 9.42. The Kier molecular flexibility index (Phi) is 7.25. The minimum Gasteiger partial charge on any atom is -0.468 e. The molecule has 0 radical (unpaired) electrons. The molecule has 136 valence electrons. The van der Waals surface area contributed by atoms with Crippen molar-refractivity contribution in [2.24, 2.45) is 0 Å². The third-order valence-electron chi connectivity index (χ3n) is 4.03. The summed E-state index contributed by atoms with van der Waals surface area (Å²) in [5.74, 6) is 2.20. The van der Waals surface area contributed by atoms with Crippen LogP contribution < -0.4 is 0 Å². The van der Waals surface area contributed by atoms with Crippen molar-refractivity contribution < 1.29 is 18.7 Å². The monoisotopic (exact) mass is 345 g/mol. The largest absolute Gasteiger partial charge is 0.468 e. The Morgan fingerprint density at radius 2 is 1.88 bits per heavy atom. The topological polar surface area (TPSA) is 59.0 Å². The van der Waals surface area contributed by atoms with Crippen LogP contribution in [0.15, 0.2) is 64.7 Å². The predicted molar refractivity (Wildman–Crippen MR) is 96.9 cm³/mol. The number of nitrogens with zero attached hydrogens (tertiary/aromatic N) is 1. The first-order valence-electron chi connectivity index (χ1n) is 8.38. The lowest BCUT2D eigenvalue weighted by atomic mass is 9.93. The summed E-state index contributed by atoms with van der Waals surface area (Å²) in [6.07, 6.45) is 5.86. The zero-order valence-corrected chi connectivity index (χ0v) is 14.8. The first-order valence-corrected chi connectivity index (χ1v) is 8.38. The van der Waals surface area contributed by atoms with Gasteiger partial charge in [-0.15, -0.1) is 13.2 Å². The van der Waals surface area contributed by atoms with Gasteiger partial charge in [0.25, 0.3) is 0 Å². The smallest absolute Gasteiger partial charge is 0.136 e. The molecule has 0 aliphatic rings. The highest BCUT2D eigenvalue weighted by atomic mass is 16.5. The molecule has 5 nitrogen and oxygen atoms in total. The summed E-state index contributed by atoms with van der Waals surface area (Å²) in [5, 5.41) is 10.8. The van der Waals surface area contributed by atoms with E-state index < -0.39 is 5.60 Å². The number of rotatable bonds is 12. The Morgan fingerprint density at radius 3 is 2.48 bits per heavy atom. The molecule has 1 N–H and O–H groups in total. The molecule has 0 unspecified atom stereocenters. The van der Waals surface area contributed by atoms with Crippen LogP contribution in [0.3, 0.4) is 0 Å². The van der Waals surface area contributed by atoms with Crippen molar-refractivity contribution in [1.82, 2.24) is 4.90 Å². The molecule has 2 aromatic rings. The number of aliphatic hydroxyl groups is 1. The van der Waals surface area contributed by atoms with Crippen molar-refractivity contribution in [3.8, 4) is 0 Å². The van der Waals surface area contributed by atoms with Crippen molar-refractivity contribution >= 4 is 0 Å². The molecule has 0 aliphatic heterocycles. The molecular formula is C20H27NO4. The van der Waals surface area contributed by atoms with E-state index in [9.17, 15) is 5.11 Å². The molecule has 2 aromatic heterocycles. The SMILES string of the molecule is C=CCC(O)(CC=C)c1ccc(CN(CCOC)Cc2ccco2)o1. The summed E-state index contributed by atoms with van der Waals surface area (Å²) in [4.78, 5) is 2.17. The Labute approximate surface area is 149 Å². The fourth-order valence-electron chi connectivity index (χ4n) is 2.75. The van der Waals surface area contributed by atoms with Gasteiger partial charge in [-0.2, -0.15) is 0 Å². The average Bonchev–Trinajstić information content (AvgIpc) is 3.25. The van der Waals surface area contributed by atoms with E-state index >= 15 is 0 Å². The molecule has 0 atom stereocenters. The molecule has 2 heterocycles. The van der Waals surface area contributed by atoms with E-state index in [1.165, 1.54) is 0 Å². The van der Waals surface area contributed by atoms with Gasteiger partial charge in [0.05, 0.1) is 26.0 Å². The number of hydrogen-bond acceptors (Lipinski definition) is 5. The highest BCUT2D eigenvalue weighted by molar-refractivity contribution is 5.16. The molecule has 0 bridgehead atoms. The van der Waals surface area contributed by atoms with Crippen molar-refractivity contribution in [3.05, 3.63) is 73.1 Å². The normalized spacial score (nSPS) is 11.8. The molecule has 5 heteroatoms. The van der Waals surface area contributed by atoms with E-state index in [-0.39, 0.29) is 0 Å². The van der Waals surface area contributed by atoms with Gasteiger partial charge >= 0.3 is 0 Å². The number of ether oxygens (including phenoxy) is 1. The highest BCUT2D eigenvalue weighted by Gasteiger charge is 2.30. The molecule has 0 fully saturated rings. The zero-order valence-electron chi connectivity index (χ0n) is 14.8. The van der Waals surface area contributed by atoms with Crippen LogP contribution in [0, 0.1) is 0 Å². The molecule has 0 aliphatic carbocycles. The van der Waals surface area contributed by atoms with E-state index in [1.807, 2.05) is 24.3 Å². The molecule has 0 amide bonds. The van der Waals surface area contributed by atoms with Crippen molar-refractivity contribution in [2.45, 2.75) is 31.5 Å². The summed E-state index contributed by atoms with van der Waals surface area (Å²) in [7, 11) is 1.68. The fourth-order valence-corrected chi connectivity index (χ4v) is 2.75. The van der Waals surface area contributed by atoms with E-state index in [0.29, 0.717) is 38.3 Å². The minimum atomic E-state index is -1.10. The maximum absolute atomic E-state index is 10.8. The van der Waals surface area contributed by atoms with Crippen LogP contribution in [0.25, 0.3) is 0 Å².